The molecule has 8 N–H and O–H groups in total. The Morgan fingerprint density at radius 2 is 1.83 bits per heavy atom. The fourth-order valence-corrected chi connectivity index (χ4v) is 4.04. The van der Waals surface area contributed by atoms with Crippen molar-refractivity contribution in [2.24, 2.45) is 34.3 Å². The van der Waals surface area contributed by atoms with Gasteiger partial charge in [0.25, 0.3) is 0 Å². The van der Waals surface area contributed by atoms with E-state index in [0.717, 1.165) is 43.5 Å². The van der Waals surface area contributed by atoms with Gasteiger partial charge in [-0.2, -0.15) is 5.10 Å². The highest BCUT2D eigenvalue weighted by atomic mass is 16.5. The molecule has 1 aromatic heterocycles. The molecule has 3 rings (SSSR count). The summed E-state index contributed by atoms with van der Waals surface area (Å²) < 4.78 is 6.17. The lowest BCUT2D eigenvalue weighted by molar-refractivity contribution is 0.153. The quantitative estimate of drug-likeness (QED) is 0.228. The summed E-state index contributed by atoms with van der Waals surface area (Å²) in [6.45, 7) is 2.22. The molecule has 30 heavy (non-hydrogen) atoms. The first-order valence-electron chi connectivity index (χ1n) is 10.8. The molecular formula is C21H36N8O. The van der Waals surface area contributed by atoms with E-state index in [0.29, 0.717) is 28.8 Å². The van der Waals surface area contributed by atoms with E-state index in [4.69, 9.17) is 28.0 Å². The van der Waals surface area contributed by atoms with E-state index in [1.165, 1.54) is 29.3 Å². The van der Waals surface area contributed by atoms with Crippen LogP contribution >= 0.6 is 0 Å². The van der Waals surface area contributed by atoms with Gasteiger partial charge >= 0.3 is 0 Å². The largest absolute Gasteiger partial charge is 0.489 e. The molecule has 0 aromatic carbocycles. The molecule has 0 radical (unpaired) electrons. The maximum absolute atomic E-state index is 6.46. The Labute approximate surface area is 179 Å². The Morgan fingerprint density at radius 1 is 1.13 bits per heavy atom. The third kappa shape index (κ3) is 5.14. The lowest BCUT2D eigenvalue weighted by atomic mass is 9.84. The Hall–Kier alpha value is -2.52. The summed E-state index contributed by atoms with van der Waals surface area (Å²) in [5, 5.41) is 6.89. The molecule has 2 aliphatic rings. The number of likely N-dealkylation sites (N-methyl/N-ethyl adjacent to an activating group) is 1. The number of hydrogen-bond donors (Lipinski definition) is 4. The van der Waals surface area contributed by atoms with Crippen molar-refractivity contribution in [2.45, 2.75) is 64.4 Å². The number of nitrogens with two attached hydrogens (primary N) is 4. The fraction of sp³-hybridized carbons (Fsp3) is 0.619. The van der Waals surface area contributed by atoms with Crippen molar-refractivity contribution in [3.63, 3.8) is 0 Å². The van der Waals surface area contributed by atoms with Crippen LogP contribution in [-0.4, -0.2) is 40.5 Å². The van der Waals surface area contributed by atoms with Crippen LogP contribution in [0.25, 0.3) is 5.70 Å². The first kappa shape index (κ1) is 22.2. The predicted molar refractivity (Wildman–Crippen MR) is 119 cm³/mol. The van der Waals surface area contributed by atoms with E-state index >= 15 is 0 Å². The Kier molecular flexibility index (Phi) is 7.38. The van der Waals surface area contributed by atoms with E-state index in [9.17, 15) is 0 Å². The van der Waals surface area contributed by atoms with Gasteiger partial charge in [0.05, 0.1) is 35.4 Å². The van der Waals surface area contributed by atoms with Gasteiger partial charge in [-0.15, -0.1) is 0 Å². The summed E-state index contributed by atoms with van der Waals surface area (Å²) in [6, 6.07) is 3.81. The van der Waals surface area contributed by atoms with Crippen LogP contribution in [0.5, 0.6) is 5.75 Å². The van der Waals surface area contributed by atoms with Gasteiger partial charge in [-0.25, -0.2) is 16.7 Å². The topological polar surface area (TPSA) is 145 Å². The minimum Gasteiger partial charge on any atom is -0.489 e. The molecule has 0 atom stereocenters. The molecule has 166 valence electrons. The van der Waals surface area contributed by atoms with Gasteiger partial charge in [0.1, 0.15) is 11.6 Å². The van der Waals surface area contributed by atoms with Crippen LogP contribution < -0.4 is 28.0 Å². The number of ether oxygens (including phenoxy) is 1. The molecule has 2 fully saturated rings. The SMILES string of the molecule is Cc1nc(/C(N)=C(\CN(N)/C(=N\N)C2CCC2)N(C)N)ccc1OC1CCCCC1. The minimum atomic E-state index is 0.273. The normalized spacial score (nSPS) is 19.1. The van der Waals surface area contributed by atoms with Crippen LogP contribution in [0.2, 0.25) is 0 Å². The molecule has 9 heteroatoms. The number of hydrogen-bond acceptors (Lipinski definition) is 8. The van der Waals surface area contributed by atoms with Gasteiger partial charge < -0.3 is 21.3 Å². The molecule has 0 amide bonds. The molecule has 2 aliphatic carbocycles. The summed E-state index contributed by atoms with van der Waals surface area (Å²) in [7, 11) is 1.73. The number of aryl methyl sites for hydroxylation is 1. The Morgan fingerprint density at radius 3 is 2.37 bits per heavy atom. The molecule has 0 bridgehead atoms. The van der Waals surface area contributed by atoms with Crippen molar-refractivity contribution >= 4 is 11.5 Å². The van der Waals surface area contributed by atoms with Crippen molar-refractivity contribution in [1.29, 1.82) is 0 Å². The van der Waals surface area contributed by atoms with Crippen molar-refractivity contribution in [3.8, 4) is 5.75 Å². The van der Waals surface area contributed by atoms with E-state index in [2.05, 4.69) is 10.1 Å². The van der Waals surface area contributed by atoms with E-state index in [1.807, 2.05) is 19.1 Å². The van der Waals surface area contributed by atoms with Crippen LogP contribution in [0.3, 0.4) is 0 Å². The van der Waals surface area contributed by atoms with Crippen molar-refractivity contribution < 1.29 is 4.74 Å². The second-order valence-electron chi connectivity index (χ2n) is 8.37. The standard InChI is InChI=1S/C21H36N8O/c1-14-19(30-16-9-4-3-5-10-16)12-11-17(26-14)20(22)18(28(2)24)13-29(25)21(27-23)15-7-6-8-15/h11-12,15-16H,3-10,13,22-25H2,1-2H3/b20-18-,27-21-. The number of aromatic nitrogens is 1. The average Bonchev–Trinajstić information content (AvgIpc) is 2.70. The monoisotopic (exact) mass is 416 g/mol. The second kappa shape index (κ2) is 9.99. The smallest absolute Gasteiger partial charge is 0.141 e. The predicted octanol–water partition coefficient (Wildman–Crippen LogP) is 1.78. The number of nitrogens with zero attached hydrogens (tertiary/aromatic N) is 4. The zero-order valence-corrected chi connectivity index (χ0v) is 18.2. The summed E-state index contributed by atoms with van der Waals surface area (Å²) in [5.41, 5.74) is 9.01. The van der Waals surface area contributed by atoms with Gasteiger partial charge in [0, 0.05) is 13.0 Å². The van der Waals surface area contributed by atoms with Crippen molar-refractivity contribution in [2.75, 3.05) is 13.6 Å². The highest BCUT2D eigenvalue weighted by Gasteiger charge is 2.28. The lowest BCUT2D eigenvalue weighted by Gasteiger charge is -2.33. The second-order valence-corrected chi connectivity index (χ2v) is 8.37. The number of pyridine rings is 1. The summed E-state index contributed by atoms with van der Waals surface area (Å²) in [5.74, 6) is 19.7. The zero-order chi connectivity index (χ0) is 21.7. The molecule has 2 saturated carbocycles. The van der Waals surface area contributed by atoms with Crippen LogP contribution in [0.15, 0.2) is 22.9 Å². The Balaban J connectivity index is 1.77. The molecule has 9 nitrogen and oxygen atoms in total. The molecule has 0 aliphatic heterocycles. The Bertz CT molecular complexity index is 781. The fourth-order valence-electron chi connectivity index (χ4n) is 4.04. The maximum atomic E-state index is 6.46. The van der Waals surface area contributed by atoms with Crippen molar-refractivity contribution in [3.05, 3.63) is 29.2 Å². The molecule has 1 aromatic rings. The molecule has 0 spiro atoms. The van der Waals surface area contributed by atoms with Gasteiger partial charge in [0.15, 0.2) is 0 Å². The third-order valence-electron chi connectivity index (χ3n) is 6.11. The van der Waals surface area contributed by atoms with Crippen molar-refractivity contribution in [1.82, 2.24) is 15.0 Å². The van der Waals surface area contributed by atoms with Crippen LogP contribution in [0, 0.1) is 12.8 Å². The van der Waals surface area contributed by atoms with E-state index in [-0.39, 0.29) is 12.6 Å². The summed E-state index contributed by atoms with van der Waals surface area (Å²) >= 11 is 0. The number of hydrazone groups is 1. The van der Waals surface area contributed by atoms with Gasteiger partial charge in [-0.1, -0.05) is 12.8 Å². The third-order valence-corrected chi connectivity index (χ3v) is 6.11. The lowest BCUT2D eigenvalue weighted by Crippen LogP contribution is -2.47. The highest BCUT2D eigenvalue weighted by molar-refractivity contribution is 5.85. The summed E-state index contributed by atoms with van der Waals surface area (Å²) in [4.78, 5) is 4.67. The zero-order valence-electron chi connectivity index (χ0n) is 18.2. The van der Waals surface area contributed by atoms with Crippen LogP contribution in [0.4, 0.5) is 0 Å². The molecule has 1 heterocycles. The molecule has 0 unspecified atom stereocenters. The van der Waals surface area contributed by atoms with Gasteiger partial charge in [0.2, 0.25) is 0 Å². The first-order valence-corrected chi connectivity index (χ1v) is 10.8. The average molecular weight is 417 g/mol. The van der Waals surface area contributed by atoms with Gasteiger partial charge in [-0.3, -0.25) is 5.01 Å². The molecular weight excluding hydrogens is 380 g/mol. The number of hydrazine groups is 2. The van der Waals surface area contributed by atoms with Crippen LogP contribution in [0.1, 0.15) is 62.8 Å². The van der Waals surface area contributed by atoms with E-state index < -0.39 is 0 Å². The summed E-state index contributed by atoms with van der Waals surface area (Å²) in [6.07, 6.45) is 9.46. The maximum Gasteiger partial charge on any atom is 0.141 e. The molecule has 0 saturated heterocycles. The van der Waals surface area contributed by atoms with E-state index in [1.54, 1.807) is 7.05 Å². The highest BCUT2D eigenvalue weighted by Crippen LogP contribution is 2.29. The van der Waals surface area contributed by atoms with Gasteiger partial charge in [-0.05, 0) is 57.6 Å². The number of amidine groups is 1. The van der Waals surface area contributed by atoms with Crippen LogP contribution in [-0.2, 0) is 0 Å². The number of rotatable bonds is 7. The first-order chi connectivity index (χ1) is 14.4. The minimum absolute atomic E-state index is 0.273.